The average molecular weight is 362 g/mol. The number of nitrogens with zero attached hydrogens (tertiary/aromatic N) is 3. The molecule has 1 N–H and O–H groups in total. The predicted octanol–water partition coefficient (Wildman–Crippen LogP) is 1.35. The second kappa shape index (κ2) is 6.90. The molecule has 10 nitrogen and oxygen atoms in total. The largest absolute Gasteiger partial charge is 0.334 e. The van der Waals surface area contributed by atoms with E-state index in [0.29, 0.717) is 10.5 Å². The van der Waals surface area contributed by atoms with Gasteiger partial charge in [0.05, 0.1) is 4.92 Å². The molecule has 1 fully saturated rings. The first-order valence-corrected chi connectivity index (χ1v) is 7.79. The van der Waals surface area contributed by atoms with Crippen LogP contribution in [0.4, 0.5) is 16.2 Å². The van der Waals surface area contributed by atoms with Gasteiger partial charge >= 0.3 is 17.8 Å². The fraction of sp³-hybridized carbons (Fsp3) is 0.375. The molecule has 5 amide bonds. The Kier molecular flexibility index (Phi) is 5.05. The molecule has 138 valence electrons. The van der Waals surface area contributed by atoms with Crippen molar-refractivity contribution >= 4 is 35.1 Å². The molecule has 2 rings (SSSR count). The van der Waals surface area contributed by atoms with Gasteiger partial charge in [-0.05, 0) is 38.8 Å². The number of carbonyl (C=O) groups is 4. The summed E-state index contributed by atoms with van der Waals surface area (Å²) in [5, 5.41) is 13.5. The zero-order valence-corrected chi connectivity index (χ0v) is 14.7. The van der Waals surface area contributed by atoms with E-state index < -0.39 is 41.3 Å². The van der Waals surface area contributed by atoms with Crippen molar-refractivity contribution in [1.29, 1.82) is 0 Å². The number of nitrogens with one attached hydrogen (secondary N) is 1. The highest BCUT2D eigenvalue weighted by atomic mass is 16.6. The lowest BCUT2D eigenvalue weighted by Gasteiger charge is -2.18. The van der Waals surface area contributed by atoms with Gasteiger partial charge in [-0.2, -0.15) is 0 Å². The maximum absolute atomic E-state index is 12.3. The number of rotatable bonds is 5. The summed E-state index contributed by atoms with van der Waals surface area (Å²) in [6.07, 6.45) is 0. The van der Waals surface area contributed by atoms with Crippen molar-refractivity contribution in [2.24, 2.45) is 0 Å². The SMILES string of the molecule is Cc1ccc([N+](=O)[O-])c(NC(=O)CN2C(=O)C(=O)N(C(C)C)C2=O)c1C. The van der Waals surface area contributed by atoms with Gasteiger partial charge in [-0.15, -0.1) is 0 Å². The minimum atomic E-state index is -1.10. The van der Waals surface area contributed by atoms with E-state index in [-0.39, 0.29) is 11.4 Å². The molecule has 1 aliphatic heterocycles. The summed E-state index contributed by atoms with van der Waals surface area (Å²) in [5.74, 6) is -2.92. The lowest BCUT2D eigenvalue weighted by molar-refractivity contribution is -0.384. The number of carbonyl (C=O) groups excluding carboxylic acids is 4. The molecular weight excluding hydrogens is 344 g/mol. The van der Waals surface area contributed by atoms with E-state index in [1.165, 1.54) is 6.07 Å². The van der Waals surface area contributed by atoms with Gasteiger partial charge in [0.25, 0.3) is 5.69 Å². The number of urea groups is 1. The van der Waals surface area contributed by atoms with E-state index in [4.69, 9.17) is 0 Å². The zero-order valence-electron chi connectivity index (χ0n) is 14.7. The second-order valence-electron chi connectivity index (χ2n) is 6.15. The van der Waals surface area contributed by atoms with Gasteiger partial charge in [0.2, 0.25) is 5.91 Å². The van der Waals surface area contributed by atoms with Crippen molar-refractivity contribution in [2.45, 2.75) is 33.7 Å². The van der Waals surface area contributed by atoms with E-state index in [2.05, 4.69) is 5.32 Å². The van der Waals surface area contributed by atoms with E-state index in [0.717, 1.165) is 10.5 Å². The average Bonchev–Trinajstić information content (AvgIpc) is 2.75. The Morgan fingerprint density at radius 3 is 2.31 bits per heavy atom. The highest BCUT2D eigenvalue weighted by molar-refractivity contribution is 6.45. The molecule has 0 saturated carbocycles. The van der Waals surface area contributed by atoms with Crippen molar-refractivity contribution in [2.75, 3.05) is 11.9 Å². The van der Waals surface area contributed by atoms with Crippen LogP contribution in [0.3, 0.4) is 0 Å². The third-order valence-corrected chi connectivity index (χ3v) is 4.08. The van der Waals surface area contributed by atoms with Crippen molar-refractivity contribution in [3.8, 4) is 0 Å². The lowest BCUT2D eigenvalue weighted by Crippen LogP contribution is -2.40. The molecule has 0 radical (unpaired) electrons. The normalized spacial score (nSPS) is 14.4. The molecule has 0 atom stereocenters. The Labute approximate surface area is 148 Å². The fourth-order valence-corrected chi connectivity index (χ4v) is 2.55. The number of nitro groups is 1. The lowest BCUT2D eigenvalue weighted by atomic mass is 10.1. The number of amides is 5. The second-order valence-corrected chi connectivity index (χ2v) is 6.15. The number of aryl methyl sites for hydroxylation is 1. The van der Waals surface area contributed by atoms with E-state index in [1.54, 1.807) is 33.8 Å². The van der Waals surface area contributed by atoms with Crippen LogP contribution in [0, 0.1) is 24.0 Å². The van der Waals surface area contributed by atoms with E-state index >= 15 is 0 Å². The Balaban J connectivity index is 2.24. The summed E-state index contributed by atoms with van der Waals surface area (Å²) in [5.41, 5.74) is 0.901. The van der Waals surface area contributed by atoms with Crippen molar-refractivity contribution in [1.82, 2.24) is 9.80 Å². The molecule has 26 heavy (non-hydrogen) atoms. The van der Waals surface area contributed by atoms with Crippen LogP contribution < -0.4 is 5.32 Å². The van der Waals surface area contributed by atoms with Crippen LogP contribution in [-0.4, -0.2) is 51.1 Å². The maximum Gasteiger partial charge on any atom is 0.334 e. The standard InChI is InChI=1S/C16H18N4O6/c1-8(2)19-15(23)14(22)18(16(19)24)7-12(21)17-13-10(4)9(3)5-6-11(13)20(25)26/h5-6,8H,7H2,1-4H3,(H,17,21). The quantitative estimate of drug-likeness (QED) is 0.364. The van der Waals surface area contributed by atoms with Crippen LogP contribution in [0.25, 0.3) is 0 Å². The molecule has 1 saturated heterocycles. The topological polar surface area (TPSA) is 130 Å². The third kappa shape index (κ3) is 3.25. The van der Waals surface area contributed by atoms with Crippen LogP contribution in [0.15, 0.2) is 12.1 Å². The highest BCUT2D eigenvalue weighted by Gasteiger charge is 2.46. The molecule has 0 aromatic heterocycles. The third-order valence-electron chi connectivity index (χ3n) is 4.08. The summed E-state index contributed by atoms with van der Waals surface area (Å²) in [6.45, 7) is 5.74. The van der Waals surface area contributed by atoms with Gasteiger partial charge in [-0.1, -0.05) is 6.07 Å². The van der Waals surface area contributed by atoms with E-state index in [9.17, 15) is 29.3 Å². The zero-order chi connectivity index (χ0) is 19.8. The summed E-state index contributed by atoms with van der Waals surface area (Å²) in [7, 11) is 0. The Morgan fingerprint density at radius 1 is 1.19 bits per heavy atom. The minimum Gasteiger partial charge on any atom is -0.319 e. The first-order chi connectivity index (χ1) is 12.1. The molecule has 0 spiro atoms. The number of hydrogen-bond acceptors (Lipinski definition) is 6. The molecular formula is C16H18N4O6. The first kappa shape index (κ1) is 19.0. The van der Waals surface area contributed by atoms with Crippen LogP contribution in [-0.2, 0) is 14.4 Å². The molecule has 0 aliphatic carbocycles. The highest BCUT2D eigenvalue weighted by Crippen LogP contribution is 2.30. The first-order valence-electron chi connectivity index (χ1n) is 7.79. The van der Waals surface area contributed by atoms with Crippen LogP contribution >= 0.6 is 0 Å². The van der Waals surface area contributed by atoms with Crippen molar-refractivity contribution in [3.05, 3.63) is 33.4 Å². The van der Waals surface area contributed by atoms with Gasteiger partial charge < -0.3 is 5.32 Å². The van der Waals surface area contributed by atoms with Gasteiger partial charge in [0.15, 0.2) is 0 Å². The Bertz CT molecular complexity index is 832. The molecule has 1 aromatic rings. The number of nitro benzene ring substituents is 1. The maximum atomic E-state index is 12.3. The van der Waals surface area contributed by atoms with Gasteiger partial charge in [-0.25, -0.2) is 9.69 Å². The molecule has 0 unspecified atom stereocenters. The Morgan fingerprint density at radius 2 is 1.81 bits per heavy atom. The smallest absolute Gasteiger partial charge is 0.319 e. The molecule has 0 bridgehead atoms. The summed E-state index contributed by atoms with van der Waals surface area (Å²) >= 11 is 0. The monoisotopic (exact) mass is 362 g/mol. The summed E-state index contributed by atoms with van der Waals surface area (Å²) in [6, 6.07) is 1.39. The van der Waals surface area contributed by atoms with Gasteiger partial charge in [0.1, 0.15) is 12.2 Å². The van der Waals surface area contributed by atoms with Crippen molar-refractivity contribution in [3.63, 3.8) is 0 Å². The number of imide groups is 2. The van der Waals surface area contributed by atoms with Crippen molar-refractivity contribution < 1.29 is 24.1 Å². The minimum absolute atomic E-state index is 0.00821. The summed E-state index contributed by atoms with van der Waals surface area (Å²) < 4.78 is 0. The number of benzene rings is 1. The molecule has 1 heterocycles. The fourth-order valence-electron chi connectivity index (χ4n) is 2.55. The van der Waals surface area contributed by atoms with Crippen LogP contribution in [0.2, 0.25) is 0 Å². The van der Waals surface area contributed by atoms with Gasteiger partial charge in [0, 0.05) is 12.1 Å². The summed E-state index contributed by atoms with van der Waals surface area (Å²) in [4.78, 5) is 60.0. The van der Waals surface area contributed by atoms with Crippen LogP contribution in [0.1, 0.15) is 25.0 Å². The molecule has 1 aliphatic rings. The molecule has 1 aromatic carbocycles. The Hall–Kier alpha value is -3.30. The molecule has 10 heteroatoms. The van der Waals surface area contributed by atoms with E-state index in [1.807, 2.05) is 0 Å². The van der Waals surface area contributed by atoms with Gasteiger partial charge in [-0.3, -0.25) is 29.4 Å². The number of hydrogen-bond donors (Lipinski definition) is 1. The predicted molar refractivity (Wildman–Crippen MR) is 90.3 cm³/mol. The van der Waals surface area contributed by atoms with Crippen LogP contribution in [0.5, 0.6) is 0 Å². The number of anilines is 1.